The van der Waals surface area contributed by atoms with Gasteiger partial charge in [-0.05, 0) is 88.3 Å². The maximum absolute atomic E-state index is 13.8. The monoisotopic (exact) mass is 551 g/mol. The molecule has 2 N–H and O–H groups in total. The number of rotatable bonds is 4. The van der Waals surface area contributed by atoms with Crippen LogP contribution < -0.4 is 15.6 Å². The van der Waals surface area contributed by atoms with Gasteiger partial charge in [-0.1, -0.05) is 11.6 Å². The summed E-state index contributed by atoms with van der Waals surface area (Å²) < 4.78 is 21.7. The minimum Gasteiger partial charge on any atom is -0.482 e. The lowest BCUT2D eigenvalue weighted by atomic mass is 9.88. The van der Waals surface area contributed by atoms with Crippen molar-refractivity contribution in [2.24, 2.45) is 0 Å². The summed E-state index contributed by atoms with van der Waals surface area (Å²) in [6.07, 6.45) is 9.93. The molecule has 5 heterocycles. The fourth-order valence-corrected chi connectivity index (χ4v) is 6.07. The molecule has 0 bridgehead atoms. The minimum absolute atomic E-state index is 0.0377. The van der Waals surface area contributed by atoms with Gasteiger partial charge in [0, 0.05) is 18.0 Å². The van der Waals surface area contributed by atoms with Gasteiger partial charge in [-0.2, -0.15) is 0 Å². The quantitative estimate of drug-likeness (QED) is 0.470. The van der Waals surface area contributed by atoms with E-state index in [1.165, 1.54) is 12.3 Å². The highest BCUT2D eigenvalue weighted by Crippen LogP contribution is 2.40. The summed E-state index contributed by atoms with van der Waals surface area (Å²) in [6.45, 7) is 3.31. The molecule has 0 radical (unpaired) electrons. The largest absolute Gasteiger partial charge is 0.482 e. The Morgan fingerprint density at radius 1 is 1.21 bits per heavy atom. The van der Waals surface area contributed by atoms with Crippen LogP contribution in [0, 0.1) is 5.82 Å². The summed E-state index contributed by atoms with van der Waals surface area (Å²) in [4.78, 5) is 26.9. The average Bonchev–Trinajstić information content (AvgIpc) is 3.29. The number of aliphatic hydroxyl groups is 1. The fraction of sp³-hybridized carbons (Fsp3) is 0.448. The molecule has 0 saturated heterocycles. The Hall–Kier alpha value is -3.30. The van der Waals surface area contributed by atoms with Gasteiger partial charge in [0.1, 0.15) is 28.3 Å². The maximum Gasteiger partial charge on any atom is 0.273 e. The SMILES string of the molecule is CC(C)(O)c1nccc([C@H]2CC3C(=CN2)CCCCc2cc(OC4CCc5cc(F)cnc54)c(Cl)c(=O)n23)n1. The minimum atomic E-state index is -1.16. The molecule has 3 aromatic heterocycles. The molecule has 0 amide bonds. The number of aromatic nitrogens is 4. The maximum atomic E-state index is 13.8. The normalized spacial score (nSPS) is 22.5. The van der Waals surface area contributed by atoms with E-state index in [-0.39, 0.29) is 34.6 Å². The summed E-state index contributed by atoms with van der Waals surface area (Å²) in [5.74, 6) is 0.329. The van der Waals surface area contributed by atoms with Gasteiger partial charge in [-0.25, -0.2) is 14.4 Å². The van der Waals surface area contributed by atoms with Crippen LogP contribution in [-0.4, -0.2) is 24.6 Å². The highest BCUT2D eigenvalue weighted by Gasteiger charge is 2.33. The van der Waals surface area contributed by atoms with Gasteiger partial charge in [-0.15, -0.1) is 0 Å². The Morgan fingerprint density at radius 3 is 2.85 bits per heavy atom. The summed E-state index contributed by atoms with van der Waals surface area (Å²) in [7, 11) is 0. The molecule has 2 aliphatic heterocycles. The first-order valence-corrected chi connectivity index (χ1v) is 13.8. The molecule has 0 fully saturated rings. The number of nitrogens with zero attached hydrogens (tertiary/aromatic N) is 4. The number of halogens is 2. The van der Waals surface area contributed by atoms with E-state index in [0.29, 0.717) is 36.5 Å². The molecule has 0 spiro atoms. The number of ether oxygens (including phenoxy) is 1. The van der Waals surface area contributed by atoms with Crippen LogP contribution in [0.4, 0.5) is 4.39 Å². The third kappa shape index (κ3) is 4.94. The lowest BCUT2D eigenvalue weighted by Gasteiger charge is -2.35. The zero-order valence-electron chi connectivity index (χ0n) is 22.0. The van der Waals surface area contributed by atoms with Crippen LogP contribution in [-0.2, 0) is 18.4 Å². The van der Waals surface area contributed by atoms with Gasteiger partial charge in [0.2, 0.25) is 0 Å². The predicted molar refractivity (Wildman–Crippen MR) is 144 cm³/mol. The van der Waals surface area contributed by atoms with E-state index in [4.69, 9.17) is 16.3 Å². The van der Waals surface area contributed by atoms with E-state index in [1.807, 2.05) is 22.9 Å². The molecule has 2 unspecified atom stereocenters. The first-order valence-electron chi connectivity index (χ1n) is 13.4. The van der Waals surface area contributed by atoms with Gasteiger partial charge < -0.3 is 19.7 Å². The second-order valence-electron chi connectivity index (χ2n) is 11.1. The highest BCUT2D eigenvalue weighted by molar-refractivity contribution is 6.31. The molecule has 39 heavy (non-hydrogen) atoms. The number of fused-ring (bicyclic) bond motifs is 4. The topological polar surface area (TPSA) is 102 Å². The Balaban J connectivity index is 1.34. The Morgan fingerprint density at radius 2 is 2.03 bits per heavy atom. The number of hydrogen-bond donors (Lipinski definition) is 2. The van der Waals surface area contributed by atoms with Crippen LogP contribution in [0.1, 0.15) is 92.6 Å². The van der Waals surface area contributed by atoms with Crippen LogP contribution in [0.3, 0.4) is 0 Å². The second kappa shape index (κ2) is 10.0. The highest BCUT2D eigenvalue weighted by atomic mass is 35.5. The van der Waals surface area contributed by atoms with Gasteiger partial charge in [-0.3, -0.25) is 9.78 Å². The summed E-state index contributed by atoms with van der Waals surface area (Å²) in [5.41, 5.74) is 2.85. The van der Waals surface area contributed by atoms with E-state index in [0.717, 1.165) is 48.2 Å². The van der Waals surface area contributed by atoms with E-state index < -0.39 is 5.60 Å². The van der Waals surface area contributed by atoms with Crippen LogP contribution in [0.25, 0.3) is 0 Å². The standard InChI is InChI=1S/C29H31ClFN5O3/c1-29(2,38)28-32-10-9-20(35-28)21-13-22-17(14-33-21)5-3-4-6-19-12-24(25(30)27(37)36(19)22)39-23-8-7-16-11-18(31)15-34-26(16)23/h9-12,14-15,21-23,33,38H,3-8,13H2,1-2H3/t21-,22?,23?/m1/s1. The smallest absolute Gasteiger partial charge is 0.273 e. The molecule has 10 heteroatoms. The number of pyridine rings is 2. The number of hydrogen-bond acceptors (Lipinski definition) is 7. The zero-order chi connectivity index (χ0) is 27.3. The molecular formula is C29H31ClFN5O3. The average molecular weight is 552 g/mol. The molecule has 1 aliphatic carbocycles. The summed E-state index contributed by atoms with van der Waals surface area (Å²) in [5, 5.41) is 13.9. The Labute approximate surface area is 230 Å². The van der Waals surface area contributed by atoms with Crippen molar-refractivity contribution < 1.29 is 14.2 Å². The Bertz CT molecular complexity index is 1520. The van der Waals surface area contributed by atoms with Crippen molar-refractivity contribution in [3.8, 4) is 5.75 Å². The second-order valence-corrected chi connectivity index (χ2v) is 11.5. The van der Waals surface area contributed by atoms with Crippen molar-refractivity contribution in [2.75, 3.05) is 0 Å². The van der Waals surface area contributed by atoms with E-state index in [2.05, 4.69) is 20.3 Å². The molecule has 6 rings (SSSR count). The summed E-state index contributed by atoms with van der Waals surface area (Å²) in [6, 6.07) is 4.86. The van der Waals surface area contributed by atoms with Crippen LogP contribution >= 0.6 is 11.6 Å². The molecule has 0 aromatic carbocycles. The molecule has 0 saturated carbocycles. The van der Waals surface area contributed by atoms with Crippen molar-refractivity contribution in [1.82, 2.24) is 24.8 Å². The first-order chi connectivity index (χ1) is 18.7. The van der Waals surface area contributed by atoms with Crippen LogP contribution in [0.5, 0.6) is 5.75 Å². The van der Waals surface area contributed by atoms with Gasteiger partial charge >= 0.3 is 0 Å². The third-order valence-electron chi connectivity index (χ3n) is 7.85. The van der Waals surface area contributed by atoms with Crippen molar-refractivity contribution in [2.45, 2.75) is 82.6 Å². The van der Waals surface area contributed by atoms with Gasteiger partial charge in [0.25, 0.3) is 5.56 Å². The van der Waals surface area contributed by atoms with E-state index >= 15 is 0 Å². The van der Waals surface area contributed by atoms with Crippen molar-refractivity contribution in [3.63, 3.8) is 0 Å². The molecule has 3 aliphatic rings. The molecule has 3 atom stereocenters. The predicted octanol–water partition coefficient (Wildman–Crippen LogP) is 5.01. The zero-order valence-corrected chi connectivity index (χ0v) is 22.7. The van der Waals surface area contributed by atoms with E-state index in [1.54, 1.807) is 20.0 Å². The van der Waals surface area contributed by atoms with Gasteiger partial charge in [0.05, 0.1) is 29.7 Å². The third-order valence-corrected chi connectivity index (χ3v) is 8.19. The number of aryl methyl sites for hydroxylation is 2. The van der Waals surface area contributed by atoms with Gasteiger partial charge in [0.15, 0.2) is 5.82 Å². The first kappa shape index (κ1) is 26.0. The Kier molecular flexibility index (Phi) is 6.67. The van der Waals surface area contributed by atoms with E-state index in [9.17, 15) is 14.3 Å². The molecule has 204 valence electrons. The lowest BCUT2D eigenvalue weighted by Crippen LogP contribution is -2.36. The van der Waals surface area contributed by atoms with Crippen LogP contribution in [0.2, 0.25) is 5.02 Å². The van der Waals surface area contributed by atoms with Crippen LogP contribution in [0.15, 0.2) is 47.2 Å². The number of allylic oxidation sites excluding steroid dienone is 1. The van der Waals surface area contributed by atoms with Crippen molar-refractivity contribution in [3.05, 3.63) is 92.0 Å². The summed E-state index contributed by atoms with van der Waals surface area (Å²) >= 11 is 6.69. The fourth-order valence-electron chi connectivity index (χ4n) is 5.88. The molecule has 8 nitrogen and oxygen atoms in total. The number of nitrogens with one attached hydrogen (secondary N) is 1. The van der Waals surface area contributed by atoms with Crippen molar-refractivity contribution >= 4 is 11.6 Å². The molecular weight excluding hydrogens is 521 g/mol. The molecule has 3 aromatic rings. The lowest BCUT2D eigenvalue weighted by molar-refractivity contribution is 0.0682. The van der Waals surface area contributed by atoms with Crippen molar-refractivity contribution in [1.29, 1.82) is 0 Å².